The lowest BCUT2D eigenvalue weighted by atomic mass is 10.0. The molecule has 0 aliphatic rings. The van der Waals surface area contributed by atoms with Crippen molar-refractivity contribution in [1.82, 2.24) is 0 Å². The van der Waals surface area contributed by atoms with E-state index in [-0.39, 0.29) is 10.6 Å². The molecule has 0 radical (unpaired) electrons. The minimum Gasteiger partial charge on any atom is -0.258 e. The zero-order valence-corrected chi connectivity index (χ0v) is 7.73. The quantitative estimate of drug-likeness (QED) is 0.508. The monoisotopic (exact) mass is 187 g/mol. The van der Waals surface area contributed by atoms with Crippen molar-refractivity contribution in [1.29, 1.82) is 0 Å². The van der Waals surface area contributed by atoms with E-state index in [2.05, 4.69) is 0 Å². The summed E-state index contributed by atoms with van der Waals surface area (Å²) in [5.74, 6) is 0. The van der Waals surface area contributed by atoms with Gasteiger partial charge < -0.3 is 0 Å². The van der Waals surface area contributed by atoms with Crippen LogP contribution in [0.2, 0.25) is 0 Å². The number of nitrogens with zero attached hydrogens (tertiary/aromatic N) is 1. The molecule has 2 aromatic rings. The van der Waals surface area contributed by atoms with Crippen molar-refractivity contribution in [3.05, 3.63) is 52.1 Å². The number of nitro groups is 1. The summed E-state index contributed by atoms with van der Waals surface area (Å²) in [5, 5.41) is 12.6. The van der Waals surface area contributed by atoms with Gasteiger partial charge in [0.05, 0.1) is 4.92 Å². The molecule has 0 unspecified atom stereocenters. The van der Waals surface area contributed by atoms with Crippen LogP contribution < -0.4 is 0 Å². The maximum atomic E-state index is 10.6. The van der Waals surface area contributed by atoms with Crippen LogP contribution in [0, 0.1) is 17.0 Å². The average Bonchev–Trinajstić information content (AvgIpc) is 2.17. The lowest BCUT2D eigenvalue weighted by molar-refractivity contribution is -0.384. The first-order valence-electron chi connectivity index (χ1n) is 4.32. The highest BCUT2D eigenvalue weighted by molar-refractivity contribution is 5.87. The Morgan fingerprint density at radius 1 is 1.21 bits per heavy atom. The second-order valence-corrected chi connectivity index (χ2v) is 3.24. The van der Waals surface area contributed by atoms with Gasteiger partial charge in [0.2, 0.25) is 0 Å². The van der Waals surface area contributed by atoms with Crippen LogP contribution >= 0.6 is 0 Å². The zero-order valence-electron chi connectivity index (χ0n) is 7.73. The summed E-state index contributed by atoms with van der Waals surface area (Å²) >= 11 is 0. The van der Waals surface area contributed by atoms with Gasteiger partial charge in [-0.3, -0.25) is 10.1 Å². The number of hydrogen-bond donors (Lipinski definition) is 0. The van der Waals surface area contributed by atoms with E-state index in [0.717, 1.165) is 16.3 Å². The Labute approximate surface area is 81.1 Å². The van der Waals surface area contributed by atoms with E-state index < -0.39 is 0 Å². The molecule has 3 nitrogen and oxygen atoms in total. The molecule has 2 aromatic carbocycles. The van der Waals surface area contributed by atoms with Gasteiger partial charge in [0, 0.05) is 12.1 Å². The zero-order chi connectivity index (χ0) is 10.1. The number of benzene rings is 2. The summed E-state index contributed by atoms with van der Waals surface area (Å²) < 4.78 is 0. The first-order chi connectivity index (χ1) is 6.68. The van der Waals surface area contributed by atoms with E-state index in [4.69, 9.17) is 0 Å². The Hall–Kier alpha value is -1.90. The van der Waals surface area contributed by atoms with Crippen LogP contribution in [0.25, 0.3) is 10.8 Å². The smallest absolute Gasteiger partial charge is 0.258 e. The van der Waals surface area contributed by atoms with E-state index in [0.29, 0.717) is 0 Å². The third kappa shape index (κ3) is 1.33. The molecular weight excluding hydrogens is 178 g/mol. The molecule has 0 heterocycles. The lowest BCUT2D eigenvalue weighted by Crippen LogP contribution is -1.89. The summed E-state index contributed by atoms with van der Waals surface area (Å²) in [6, 6.07) is 10.9. The fourth-order valence-corrected chi connectivity index (χ4v) is 1.59. The second kappa shape index (κ2) is 3.10. The van der Waals surface area contributed by atoms with E-state index >= 15 is 0 Å². The van der Waals surface area contributed by atoms with Gasteiger partial charge >= 0.3 is 0 Å². The molecule has 0 aliphatic heterocycles. The Morgan fingerprint density at radius 2 is 1.93 bits per heavy atom. The Balaban J connectivity index is 2.78. The molecule has 0 fully saturated rings. The molecule has 0 spiro atoms. The highest BCUT2D eigenvalue weighted by Gasteiger charge is 2.07. The first kappa shape index (κ1) is 8.69. The standard InChI is InChI=1S/C11H9NO2/c1-8-6-10(12(13)14)7-9-4-2-3-5-11(8)9/h2-7H,1H3. The van der Waals surface area contributed by atoms with Crippen LogP contribution in [-0.4, -0.2) is 4.92 Å². The van der Waals surface area contributed by atoms with Gasteiger partial charge in [-0.25, -0.2) is 0 Å². The van der Waals surface area contributed by atoms with Crippen molar-refractivity contribution in [2.75, 3.05) is 0 Å². The van der Waals surface area contributed by atoms with E-state index in [9.17, 15) is 10.1 Å². The number of nitro benzene ring substituents is 1. The van der Waals surface area contributed by atoms with Crippen LogP contribution in [0.4, 0.5) is 5.69 Å². The number of non-ortho nitro benzene ring substituents is 1. The predicted octanol–water partition coefficient (Wildman–Crippen LogP) is 3.06. The Bertz CT molecular complexity index is 506. The van der Waals surface area contributed by atoms with E-state index in [1.807, 2.05) is 31.2 Å². The van der Waals surface area contributed by atoms with Crippen LogP contribution in [-0.2, 0) is 0 Å². The Morgan fingerprint density at radius 3 is 2.64 bits per heavy atom. The molecule has 0 aliphatic carbocycles. The fourth-order valence-electron chi connectivity index (χ4n) is 1.59. The number of rotatable bonds is 1. The SMILES string of the molecule is Cc1cc([N+](=O)[O-])cc2ccccc12. The Kier molecular flexibility index (Phi) is 1.93. The molecule has 0 amide bonds. The minimum absolute atomic E-state index is 0.154. The second-order valence-electron chi connectivity index (χ2n) is 3.24. The van der Waals surface area contributed by atoms with Gasteiger partial charge in [0.25, 0.3) is 5.69 Å². The van der Waals surface area contributed by atoms with Crippen molar-refractivity contribution >= 4 is 16.5 Å². The van der Waals surface area contributed by atoms with Crippen molar-refractivity contribution in [2.24, 2.45) is 0 Å². The number of aryl methyl sites for hydroxylation is 1. The summed E-state index contributed by atoms with van der Waals surface area (Å²) in [4.78, 5) is 10.2. The molecule has 3 heteroatoms. The van der Waals surface area contributed by atoms with Gasteiger partial charge in [-0.2, -0.15) is 0 Å². The van der Waals surface area contributed by atoms with Crippen molar-refractivity contribution < 1.29 is 4.92 Å². The molecule has 0 atom stereocenters. The fraction of sp³-hybridized carbons (Fsp3) is 0.0909. The molecule has 0 saturated heterocycles. The van der Waals surface area contributed by atoms with Gasteiger partial charge in [-0.1, -0.05) is 24.3 Å². The van der Waals surface area contributed by atoms with Gasteiger partial charge in [0.1, 0.15) is 0 Å². The average molecular weight is 187 g/mol. The number of fused-ring (bicyclic) bond motifs is 1. The van der Waals surface area contributed by atoms with Gasteiger partial charge in [-0.15, -0.1) is 0 Å². The third-order valence-corrected chi connectivity index (χ3v) is 2.26. The topological polar surface area (TPSA) is 43.1 Å². The van der Waals surface area contributed by atoms with Crippen LogP contribution in [0.15, 0.2) is 36.4 Å². The van der Waals surface area contributed by atoms with E-state index in [1.165, 1.54) is 0 Å². The van der Waals surface area contributed by atoms with Crippen LogP contribution in [0.5, 0.6) is 0 Å². The summed E-state index contributed by atoms with van der Waals surface area (Å²) in [7, 11) is 0. The van der Waals surface area contributed by atoms with Gasteiger partial charge in [0.15, 0.2) is 0 Å². The number of hydrogen-bond acceptors (Lipinski definition) is 2. The molecule has 0 aromatic heterocycles. The predicted molar refractivity (Wildman–Crippen MR) is 55.3 cm³/mol. The molecule has 2 rings (SSSR count). The third-order valence-electron chi connectivity index (χ3n) is 2.26. The van der Waals surface area contributed by atoms with E-state index in [1.54, 1.807) is 12.1 Å². The molecule has 70 valence electrons. The highest BCUT2D eigenvalue weighted by Crippen LogP contribution is 2.24. The highest BCUT2D eigenvalue weighted by atomic mass is 16.6. The maximum Gasteiger partial charge on any atom is 0.270 e. The lowest BCUT2D eigenvalue weighted by Gasteiger charge is -2.01. The largest absolute Gasteiger partial charge is 0.270 e. The molecule has 0 N–H and O–H groups in total. The van der Waals surface area contributed by atoms with Gasteiger partial charge in [-0.05, 0) is 23.3 Å². The molecule has 0 saturated carbocycles. The minimum atomic E-state index is -0.362. The summed E-state index contributed by atoms with van der Waals surface area (Å²) in [6.07, 6.45) is 0. The summed E-state index contributed by atoms with van der Waals surface area (Å²) in [6.45, 7) is 1.88. The molecule has 14 heavy (non-hydrogen) atoms. The summed E-state index contributed by atoms with van der Waals surface area (Å²) in [5.41, 5.74) is 1.09. The van der Waals surface area contributed by atoms with Crippen molar-refractivity contribution in [3.63, 3.8) is 0 Å². The van der Waals surface area contributed by atoms with Crippen molar-refractivity contribution in [2.45, 2.75) is 6.92 Å². The maximum absolute atomic E-state index is 10.6. The van der Waals surface area contributed by atoms with Crippen LogP contribution in [0.3, 0.4) is 0 Å². The molecular formula is C11H9NO2. The first-order valence-corrected chi connectivity index (χ1v) is 4.32. The molecule has 0 bridgehead atoms. The normalized spacial score (nSPS) is 10.4. The van der Waals surface area contributed by atoms with Crippen molar-refractivity contribution in [3.8, 4) is 0 Å². The van der Waals surface area contributed by atoms with Crippen LogP contribution in [0.1, 0.15) is 5.56 Å².